The van der Waals surface area contributed by atoms with Crippen LogP contribution in [0.1, 0.15) is 79.4 Å². The number of benzene rings is 1. The number of hydrogen-bond acceptors (Lipinski definition) is 5. The first-order chi connectivity index (χ1) is 16.8. The molecule has 0 aromatic heterocycles. The van der Waals surface area contributed by atoms with Crippen molar-refractivity contribution < 1.29 is 19.2 Å². The summed E-state index contributed by atoms with van der Waals surface area (Å²) in [6, 6.07) is 2.30. The number of rotatable bonds is 3. The molecule has 0 spiro atoms. The Morgan fingerprint density at radius 1 is 1.11 bits per heavy atom. The fourth-order valence-electron chi connectivity index (χ4n) is 4.90. The molecule has 1 amide bonds. The summed E-state index contributed by atoms with van der Waals surface area (Å²) < 4.78 is 5.54. The number of carbonyl (C=O) groups excluding carboxylic acids is 2. The molecule has 0 aliphatic carbocycles. The van der Waals surface area contributed by atoms with Gasteiger partial charge in [0.05, 0.1) is 17.9 Å². The van der Waals surface area contributed by atoms with Gasteiger partial charge in [-0.05, 0) is 89.0 Å². The fourth-order valence-corrected chi connectivity index (χ4v) is 5.11. The van der Waals surface area contributed by atoms with Gasteiger partial charge >= 0.3 is 5.97 Å². The predicted octanol–water partition coefficient (Wildman–Crippen LogP) is 6.11. The monoisotopic (exact) mass is 500 g/mol. The average Bonchev–Trinajstić information content (AvgIpc) is 2.80. The molecule has 1 aromatic carbocycles. The van der Waals surface area contributed by atoms with Gasteiger partial charge in [-0.2, -0.15) is 0 Å². The fraction of sp³-hybridized carbons (Fsp3) is 0.536. The van der Waals surface area contributed by atoms with Crippen molar-refractivity contribution in [3.63, 3.8) is 0 Å². The number of fused-ring (bicyclic) bond motifs is 1. The molecule has 2 unspecified atom stereocenters. The van der Waals surface area contributed by atoms with Crippen molar-refractivity contribution in [3.05, 3.63) is 57.6 Å². The molecular weight excluding hydrogens is 464 g/mol. The van der Waals surface area contributed by atoms with Gasteiger partial charge in [0.15, 0.2) is 6.61 Å². The number of halogens is 1. The van der Waals surface area contributed by atoms with Crippen molar-refractivity contribution in [3.8, 4) is 0 Å². The van der Waals surface area contributed by atoms with Gasteiger partial charge < -0.3 is 14.5 Å². The van der Waals surface area contributed by atoms with Crippen LogP contribution in [0.4, 0.5) is 0 Å². The maximum absolute atomic E-state index is 13.0. The van der Waals surface area contributed by atoms with E-state index in [9.17, 15) is 9.59 Å². The number of aryl methyl sites for hydroxylation is 2. The SMILES string of the molecule is Cc1cc(C)c2c(c1Cl)CC(=N/OCC(=O)N1C(C)CCCC1C)/C=C/CC/C=C/CCOC2=O. The Kier molecular flexibility index (Phi) is 9.96. The molecule has 0 saturated carbocycles. The molecular formula is C28H37ClN2O4. The number of cyclic esters (lactones) is 1. The molecule has 2 aliphatic rings. The van der Waals surface area contributed by atoms with Gasteiger partial charge in [-0.15, -0.1) is 0 Å². The van der Waals surface area contributed by atoms with Crippen molar-refractivity contribution in [1.82, 2.24) is 4.90 Å². The van der Waals surface area contributed by atoms with Gasteiger partial charge in [-0.1, -0.05) is 41.1 Å². The van der Waals surface area contributed by atoms with Crippen LogP contribution in [0.2, 0.25) is 5.02 Å². The first kappa shape index (κ1) is 27.0. The molecule has 190 valence electrons. The van der Waals surface area contributed by atoms with Gasteiger partial charge in [-0.3, -0.25) is 4.79 Å². The second kappa shape index (κ2) is 12.9. The Morgan fingerprint density at radius 3 is 2.54 bits per heavy atom. The third-order valence-corrected chi connectivity index (χ3v) is 7.17. The number of amides is 1. The second-order valence-corrected chi connectivity index (χ2v) is 9.89. The summed E-state index contributed by atoms with van der Waals surface area (Å²) in [5, 5.41) is 4.83. The number of allylic oxidation sites excluding steroid dienone is 3. The van der Waals surface area contributed by atoms with Crippen LogP contribution >= 0.6 is 11.6 Å². The molecule has 0 radical (unpaired) electrons. The standard InChI is InChI=1S/C28H37ClN2O4/c1-19-16-20(2)27(29)24-17-23(14-9-7-5-6-8-10-15-34-28(33)26(19)24)30-35-18-25(32)31-21(3)12-11-13-22(31)4/h6,8-9,14,16,21-22H,5,7,10-13,15,17-18H2,1-4H3/b8-6+,14-9+,30-23+. The molecule has 1 saturated heterocycles. The van der Waals surface area contributed by atoms with E-state index in [0.717, 1.165) is 43.2 Å². The lowest BCUT2D eigenvalue weighted by Gasteiger charge is -2.38. The third kappa shape index (κ3) is 7.20. The lowest BCUT2D eigenvalue weighted by atomic mass is 9.94. The molecule has 0 N–H and O–H groups in total. The molecule has 7 heteroatoms. The summed E-state index contributed by atoms with van der Waals surface area (Å²) in [6.45, 7) is 8.16. The molecule has 2 aliphatic heterocycles. The lowest BCUT2D eigenvalue weighted by molar-refractivity contribution is -0.142. The number of piperidine rings is 1. The summed E-state index contributed by atoms with van der Waals surface area (Å²) in [4.78, 5) is 33.3. The summed E-state index contributed by atoms with van der Waals surface area (Å²) in [5.41, 5.74) is 3.42. The number of likely N-dealkylation sites (tertiary alicyclic amines) is 1. The highest BCUT2D eigenvalue weighted by atomic mass is 35.5. The van der Waals surface area contributed by atoms with E-state index in [1.165, 1.54) is 0 Å². The molecule has 1 aromatic rings. The van der Waals surface area contributed by atoms with E-state index in [0.29, 0.717) is 41.3 Å². The zero-order valence-electron chi connectivity index (χ0n) is 21.3. The van der Waals surface area contributed by atoms with Gasteiger partial charge in [0.2, 0.25) is 0 Å². The zero-order valence-corrected chi connectivity index (χ0v) is 22.1. The molecule has 6 nitrogen and oxygen atoms in total. The molecule has 0 bridgehead atoms. The van der Waals surface area contributed by atoms with E-state index in [2.05, 4.69) is 25.1 Å². The average molecular weight is 501 g/mol. The largest absolute Gasteiger partial charge is 0.462 e. The van der Waals surface area contributed by atoms with Crippen molar-refractivity contribution in [2.75, 3.05) is 13.2 Å². The summed E-state index contributed by atoms with van der Waals surface area (Å²) in [7, 11) is 0. The normalized spacial score (nSPS) is 24.8. The predicted molar refractivity (Wildman–Crippen MR) is 140 cm³/mol. The minimum Gasteiger partial charge on any atom is -0.462 e. The Morgan fingerprint density at radius 2 is 1.80 bits per heavy atom. The van der Waals surface area contributed by atoms with Crippen LogP contribution in [-0.4, -0.2) is 47.8 Å². The van der Waals surface area contributed by atoms with Crippen LogP contribution in [0.3, 0.4) is 0 Å². The molecule has 3 rings (SSSR count). The number of carbonyl (C=O) groups is 2. The zero-order chi connectivity index (χ0) is 25.4. The number of oxime groups is 1. The number of esters is 1. The van der Waals surface area contributed by atoms with Crippen LogP contribution in [0.5, 0.6) is 0 Å². The number of ether oxygens (including phenoxy) is 1. The van der Waals surface area contributed by atoms with Gasteiger partial charge in [-0.25, -0.2) is 4.79 Å². The van der Waals surface area contributed by atoms with E-state index < -0.39 is 5.97 Å². The Hall–Kier alpha value is -2.60. The Bertz CT molecular complexity index is 1000. The van der Waals surface area contributed by atoms with Crippen molar-refractivity contribution in [1.29, 1.82) is 0 Å². The Balaban J connectivity index is 1.87. The highest BCUT2D eigenvalue weighted by molar-refractivity contribution is 6.33. The van der Waals surface area contributed by atoms with Crippen LogP contribution < -0.4 is 0 Å². The van der Waals surface area contributed by atoms with Crippen molar-refractivity contribution in [2.45, 2.75) is 84.7 Å². The maximum Gasteiger partial charge on any atom is 0.338 e. The first-order valence-corrected chi connectivity index (χ1v) is 12.9. The number of nitrogens with zero attached hydrogens (tertiary/aromatic N) is 2. The topological polar surface area (TPSA) is 68.2 Å². The van der Waals surface area contributed by atoms with Crippen LogP contribution in [-0.2, 0) is 20.8 Å². The second-order valence-electron chi connectivity index (χ2n) is 9.52. The summed E-state index contributed by atoms with van der Waals surface area (Å²) in [5.74, 6) is -0.449. The lowest BCUT2D eigenvalue weighted by Crippen LogP contribution is -2.48. The van der Waals surface area contributed by atoms with Gasteiger partial charge in [0.25, 0.3) is 5.91 Å². The summed E-state index contributed by atoms with van der Waals surface area (Å²) >= 11 is 6.68. The number of hydrogen-bond donors (Lipinski definition) is 0. The smallest absolute Gasteiger partial charge is 0.338 e. The highest BCUT2D eigenvalue weighted by Gasteiger charge is 2.29. The van der Waals surface area contributed by atoms with E-state index in [1.807, 2.05) is 43.0 Å². The van der Waals surface area contributed by atoms with E-state index in [4.69, 9.17) is 21.2 Å². The quantitative estimate of drug-likeness (QED) is 0.285. The van der Waals surface area contributed by atoms with E-state index >= 15 is 0 Å². The Labute approximate surface area is 214 Å². The summed E-state index contributed by atoms with van der Waals surface area (Å²) in [6.07, 6.45) is 13.8. The van der Waals surface area contributed by atoms with Crippen LogP contribution in [0, 0.1) is 13.8 Å². The first-order valence-electron chi connectivity index (χ1n) is 12.6. The molecule has 2 atom stereocenters. The van der Waals surface area contributed by atoms with Crippen molar-refractivity contribution >= 4 is 29.2 Å². The van der Waals surface area contributed by atoms with Gasteiger partial charge in [0, 0.05) is 23.5 Å². The van der Waals surface area contributed by atoms with Crippen LogP contribution in [0.15, 0.2) is 35.5 Å². The van der Waals surface area contributed by atoms with Gasteiger partial charge in [0.1, 0.15) is 0 Å². The molecule has 2 heterocycles. The minimum absolute atomic E-state index is 0.0576. The van der Waals surface area contributed by atoms with E-state index in [1.54, 1.807) is 0 Å². The maximum atomic E-state index is 13.0. The minimum atomic E-state index is -0.391. The molecule has 1 fully saturated rings. The van der Waals surface area contributed by atoms with Crippen LogP contribution in [0.25, 0.3) is 0 Å². The third-order valence-electron chi connectivity index (χ3n) is 6.65. The van der Waals surface area contributed by atoms with Crippen molar-refractivity contribution in [2.24, 2.45) is 5.16 Å². The molecule has 35 heavy (non-hydrogen) atoms. The van der Waals surface area contributed by atoms with E-state index in [-0.39, 0.29) is 24.6 Å². The highest BCUT2D eigenvalue weighted by Crippen LogP contribution is 2.29.